The summed E-state index contributed by atoms with van der Waals surface area (Å²) < 4.78 is 0. The van der Waals surface area contributed by atoms with Crippen molar-refractivity contribution in [2.75, 3.05) is 0 Å². The van der Waals surface area contributed by atoms with Gasteiger partial charge in [0.2, 0.25) is 7.75 Å². The van der Waals surface area contributed by atoms with Crippen molar-refractivity contribution in [1.82, 2.24) is 4.98 Å². The second-order valence-corrected chi connectivity index (χ2v) is 25.0. The van der Waals surface area contributed by atoms with E-state index in [0.29, 0.717) is 0 Å². The maximum atomic E-state index is 4.56. The lowest BCUT2D eigenvalue weighted by Crippen LogP contribution is -3.02. The monoisotopic (exact) mass is 649 g/mol. The molecule has 1 fully saturated rings. The van der Waals surface area contributed by atoms with Gasteiger partial charge in [-0.1, -0.05) is 123 Å². The van der Waals surface area contributed by atoms with Crippen molar-refractivity contribution >= 4 is 42.2 Å². The second kappa shape index (κ2) is 11.9. The van der Waals surface area contributed by atoms with Crippen LogP contribution < -0.4 is 25.7 Å². The summed E-state index contributed by atoms with van der Waals surface area (Å²) in [4.78, 5) is 4.56. The molecule has 240 valence electrons. The summed E-state index contributed by atoms with van der Waals surface area (Å²) in [6.45, 7) is 28.1. The number of hydrogen-bond donors (Lipinski definition) is 1. The van der Waals surface area contributed by atoms with Crippen LogP contribution in [0.25, 0.3) is 6.08 Å². The molecule has 47 heavy (non-hydrogen) atoms. The van der Waals surface area contributed by atoms with E-state index in [2.05, 4.69) is 173 Å². The summed E-state index contributed by atoms with van der Waals surface area (Å²) in [7, 11) is -5.70. The van der Waals surface area contributed by atoms with Crippen LogP contribution in [0.4, 0.5) is 0 Å². The van der Waals surface area contributed by atoms with Crippen LogP contribution in [0.2, 0.25) is 0 Å². The van der Waals surface area contributed by atoms with Gasteiger partial charge in [0, 0.05) is 0 Å². The van der Waals surface area contributed by atoms with E-state index in [9.17, 15) is 0 Å². The van der Waals surface area contributed by atoms with E-state index in [4.69, 9.17) is 0 Å². The van der Waals surface area contributed by atoms with Gasteiger partial charge < -0.3 is 4.98 Å². The molecular weight excluding hydrogens is 599 g/mol. The van der Waals surface area contributed by atoms with E-state index in [0.717, 1.165) is 0 Å². The Labute approximate surface area is 285 Å². The van der Waals surface area contributed by atoms with Crippen molar-refractivity contribution in [3.63, 3.8) is 0 Å². The zero-order valence-corrected chi connectivity index (χ0v) is 32.6. The summed E-state index contributed by atoms with van der Waals surface area (Å²) >= 11 is 0. The van der Waals surface area contributed by atoms with Crippen LogP contribution >= 0.6 is 0 Å². The van der Waals surface area contributed by atoms with Gasteiger partial charge in [0.25, 0.3) is 0 Å². The van der Waals surface area contributed by atoms with Crippen LogP contribution in [0.1, 0.15) is 72.3 Å². The summed E-state index contributed by atoms with van der Waals surface area (Å²) in [5.41, 5.74) is 18.0. The van der Waals surface area contributed by atoms with Crippen molar-refractivity contribution < 1.29 is 0 Å². The molecule has 3 heteroatoms. The Hall–Kier alpha value is -3.93. The molecule has 1 aliphatic rings. The summed E-state index contributed by atoms with van der Waals surface area (Å²) in [5, 5.41) is 7.80. The van der Waals surface area contributed by atoms with Gasteiger partial charge >= 0.3 is 0 Å². The third-order valence-electron chi connectivity index (χ3n) is 10.6. The van der Waals surface area contributed by atoms with Crippen molar-refractivity contribution in [2.24, 2.45) is 0 Å². The number of benzene rings is 5. The first-order valence-corrected chi connectivity index (χ1v) is 22.1. The molecule has 1 saturated heterocycles. The fourth-order valence-corrected chi connectivity index (χ4v) is 31.7. The van der Waals surface area contributed by atoms with Crippen LogP contribution in [0.5, 0.6) is 0 Å². The predicted molar refractivity (Wildman–Crippen MR) is 210 cm³/mol. The fraction of sp³-hybridized carbons (Fsp3) is 0.273. The Morgan fingerprint density at radius 2 is 0.702 bits per heavy atom. The molecule has 0 bridgehead atoms. The third kappa shape index (κ3) is 5.01. The number of aryl methyl sites for hydroxylation is 12. The molecule has 0 unspecified atom stereocenters. The summed E-state index contributed by atoms with van der Waals surface area (Å²) in [5.74, 6) is 0. The number of hydrogen-bond acceptors (Lipinski definition) is 1. The highest BCUT2D eigenvalue weighted by Gasteiger charge is 2.73. The van der Waals surface area contributed by atoms with Gasteiger partial charge in [0.15, 0.2) is 7.59 Å². The van der Waals surface area contributed by atoms with Crippen LogP contribution in [0.15, 0.2) is 84.2 Å². The molecular formula is C44H51NSi2. The molecule has 0 atom stereocenters. The molecule has 5 aromatic carbocycles. The van der Waals surface area contributed by atoms with Gasteiger partial charge in [0.05, 0.1) is 0 Å². The van der Waals surface area contributed by atoms with Crippen LogP contribution in [-0.2, 0) is 0 Å². The molecule has 0 aromatic heterocycles. The topological polar surface area (TPSA) is 12.0 Å². The third-order valence-corrected chi connectivity index (χ3v) is 27.4. The van der Waals surface area contributed by atoms with Gasteiger partial charge in [-0.15, -0.1) is 0 Å². The lowest BCUT2D eigenvalue weighted by atomic mass is 10.1. The molecule has 0 spiro atoms. The van der Waals surface area contributed by atoms with Crippen molar-refractivity contribution in [3.8, 4) is 0 Å². The molecule has 0 amide bonds. The normalized spacial score (nSPS) is 15.8. The first-order valence-electron chi connectivity index (χ1n) is 17.1. The van der Waals surface area contributed by atoms with Crippen molar-refractivity contribution in [3.05, 3.63) is 157 Å². The Bertz CT molecular complexity index is 1880. The zero-order chi connectivity index (χ0) is 34.0. The van der Waals surface area contributed by atoms with Gasteiger partial charge in [-0.05, 0) is 143 Å². The second-order valence-electron chi connectivity index (χ2n) is 14.7. The van der Waals surface area contributed by atoms with E-state index in [-0.39, 0.29) is 0 Å². The highest BCUT2D eigenvalue weighted by molar-refractivity contribution is 7.65. The van der Waals surface area contributed by atoms with E-state index >= 15 is 0 Å². The SMILES string of the molecule is Cc1cc(C)c([Si]2(c3c(C)cc(C)cc3C)N/C(=C\c3ccccc3)[Si]2(c2c(C)cc(C)cc2C)c2c(C)cc(C)cc2C)c(C)c1. The van der Waals surface area contributed by atoms with Crippen molar-refractivity contribution in [1.29, 1.82) is 0 Å². The van der Waals surface area contributed by atoms with Crippen LogP contribution in [-0.4, -0.2) is 15.3 Å². The van der Waals surface area contributed by atoms with Gasteiger partial charge in [0.1, 0.15) is 0 Å². The summed E-state index contributed by atoms with van der Waals surface area (Å²) in [6, 6.07) is 30.6. The van der Waals surface area contributed by atoms with E-state index in [1.54, 1.807) is 20.7 Å². The lowest BCUT2D eigenvalue weighted by Gasteiger charge is -2.63. The maximum absolute atomic E-state index is 4.56. The minimum Gasteiger partial charge on any atom is -0.411 e. The minimum absolute atomic E-state index is 1.26. The van der Waals surface area contributed by atoms with E-state index in [1.165, 1.54) is 77.6 Å². The Kier molecular flexibility index (Phi) is 8.39. The van der Waals surface area contributed by atoms with Gasteiger partial charge in [-0.25, -0.2) is 0 Å². The molecule has 0 saturated carbocycles. The largest absolute Gasteiger partial charge is 0.411 e. The molecule has 1 aliphatic heterocycles. The maximum Gasteiger partial charge on any atom is 0.222 e. The smallest absolute Gasteiger partial charge is 0.222 e. The molecule has 1 N–H and O–H groups in total. The highest BCUT2D eigenvalue weighted by atomic mass is 29.3. The predicted octanol–water partition coefficient (Wildman–Crippen LogP) is 7.97. The average Bonchev–Trinajstić information content (AvgIpc) is 2.94. The summed E-state index contributed by atoms with van der Waals surface area (Å²) in [6.07, 6.45) is 2.52. The van der Waals surface area contributed by atoms with Gasteiger partial charge in [-0.2, -0.15) is 0 Å². The molecule has 5 aromatic rings. The molecule has 1 nitrogen and oxygen atoms in total. The Morgan fingerprint density at radius 3 is 1.02 bits per heavy atom. The van der Waals surface area contributed by atoms with E-state index < -0.39 is 15.3 Å². The Morgan fingerprint density at radius 1 is 0.404 bits per heavy atom. The quantitative estimate of drug-likeness (QED) is 0.191. The van der Waals surface area contributed by atoms with E-state index in [1.807, 2.05) is 0 Å². The molecule has 0 aliphatic carbocycles. The van der Waals surface area contributed by atoms with Crippen LogP contribution in [0.3, 0.4) is 0 Å². The zero-order valence-electron chi connectivity index (χ0n) is 30.6. The molecule has 6 rings (SSSR count). The van der Waals surface area contributed by atoms with Crippen molar-refractivity contribution in [2.45, 2.75) is 83.1 Å². The fourth-order valence-electron chi connectivity index (χ4n) is 9.87. The molecule has 1 heterocycles. The van der Waals surface area contributed by atoms with Gasteiger partial charge in [-0.3, -0.25) is 0 Å². The first kappa shape index (κ1) is 33.0. The average molecular weight is 650 g/mol. The standard InChI is InChI=1S/C44H51NSi2/c1-27-18-31(5)41(32(6)19-27)46(42-33(7)20-28(2)21-34(42)8)40(26-39-16-14-13-15-17-39)45-47(46,43-35(9)22-29(3)23-36(43)10)44-37(11)24-30(4)25-38(44)12/h13-26,45H,1-12H3/b40-26+. The number of nitrogens with one attached hydrogen (secondary N) is 1. The first-order chi connectivity index (χ1) is 22.2. The highest BCUT2D eigenvalue weighted by Crippen LogP contribution is 2.40. The Balaban J connectivity index is 1.97. The minimum atomic E-state index is -2.86. The van der Waals surface area contributed by atoms with Crippen LogP contribution in [0, 0.1) is 83.1 Å². The molecule has 0 radical (unpaired) electrons. The lowest BCUT2D eigenvalue weighted by molar-refractivity contribution is 1.18. The number of rotatable bonds is 5.